The van der Waals surface area contributed by atoms with E-state index in [1.54, 1.807) is 77.0 Å². The maximum absolute atomic E-state index is 10.6. The summed E-state index contributed by atoms with van der Waals surface area (Å²) in [6, 6.07) is 0. The zero-order valence-electron chi connectivity index (χ0n) is 39.8. The predicted octanol–water partition coefficient (Wildman–Crippen LogP) is 13.5. The Morgan fingerprint density at radius 3 is 0.439 bits per heavy atom. The zero-order chi connectivity index (χ0) is 40.4. The third-order valence-corrected chi connectivity index (χ3v) is 20.9. The summed E-state index contributed by atoms with van der Waals surface area (Å²) in [6.45, 7) is 24.0. The lowest BCUT2D eigenvalue weighted by atomic mass is 9.34. The van der Waals surface area contributed by atoms with Crippen molar-refractivity contribution in [3.05, 3.63) is 0 Å². The molecular weight excluding hydrogens is 697 g/mol. The molecule has 0 aromatic heterocycles. The van der Waals surface area contributed by atoms with Gasteiger partial charge in [0.15, 0.2) is 0 Å². The van der Waals surface area contributed by atoms with Crippen LogP contribution in [0.1, 0.15) is 199 Å². The van der Waals surface area contributed by atoms with Crippen LogP contribution in [-0.4, -0.2) is 26.9 Å². The van der Waals surface area contributed by atoms with Crippen molar-refractivity contribution in [1.29, 1.82) is 0 Å². The van der Waals surface area contributed by atoms with Crippen molar-refractivity contribution in [3.8, 4) is 0 Å². The highest BCUT2D eigenvalue weighted by atomic mass is 16.3. The molecule has 24 bridgehead atoms. The van der Waals surface area contributed by atoms with Crippen LogP contribution < -0.4 is 0 Å². The third kappa shape index (κ3) is 7.22. The van der Waals surface area contributed by atoms with Gasteiger partial charge < -0.3 is 15.7 Å². The molecule has 21 fully saturated rings. The molecule has 0 spiro atoms. The van der Waals surface area contributed by atoms with Gasteiger partial charge in [-0.2, -0.15) is 0 Å². The summed E-state index contributed by atoms with van der Waals surface area (Å²) in [5, 5.41) is 21.2. The van der Waals surface area contributed by atoms with Crippen molar-refractivity contribution in [2.75, 3.05) is 0 Å². The minimum Gasteiger partial charge on any atom is -0.412 e. The first-order valence-corrected chi connectivity index (χ1v) is 26.8. The largest absolute Gasteiger partial charge is 0.412 e. The average molecular weight is 795 g/mol. The van der Waals surface area contributed by atoms with Crippen LogP contribution >= 0.6 is 0 Å². The summed E-state index contributed by atoms with van der Waals surface area (Å²) in [5.74, 6) is 24.1. The van der Waals surface area contributed by atoms with Gasteiger partial charge in [-0.3, -0.25) is 0 Å². The van der Waals surface area contributed by atoms with E-state index in [9.17, 15) is 10.2 Å². The molecule has 3 nitrogen and oxygen atoms in total. The number of rotatable bonds is 0. The Morgan fingerprint density at radius 1 is 0.228 bits per heavy atom. The average Bonchev–Trinajstić information content (AvgIpc) is 3.27. The lowest BCUT2D eigenvalue weighted by molar-refractivity contribution is -0.289. The molecule has 21 rings (SSSR count). The first-order valence-electron chi connectivity index (χ1n) is 26.8. The first kappa shape index (κ1) is 46.4. The van der Waals surface area contributed by atoms with Crippen LogP contribution in [0.15, 0.2) is 0 Å². The molecule has 0 aromatic rings. The number of aliphatic hydroxyl groups is 2. The molecule has 4 N–H and O–H groups in total. The van der Waals surface area contributed by atoms with Crippen LogP contribution in [-0.2, 0) is 0 Å². The summed E-state index contributed by atoms with van der Waals surface area (Å²) in [4.78, 5) is 0. The van der Waals surface area contributed by atoms with Crippen molar-refractivity contribution in [1.82, 2.24) is 0 Å². The van der Waals surface area contributed by atoms with Gasteiger partial charge in [0.05, 0.1) is 11.2 Å². The molecular formula is C54H98O3. The minimum atomic E-state index is -0.295. The Hall–Kier alpha value is -0.120. The topological polar surface area (TPSA) is 72.0 Å². The molecule has 0 saturated heterocycles. The van der Waals surface area contributed by atoms with Gasteiger partial charge in [0.25, 0.3) is 0 Å². The zero-order valence-corrected chi connectivity index (χ0v) is 39.8. The molecule has 0 amide bonds. The van der Waals surface area contributed by atoms with Crippen LogP contribution in [0.2, 0.25) is 0 Å². The van der Waals surface area contributed by atoms with Crippen LogP contribution in [0.4, 0.5) is 0 Å². The van der Waals surface area contributed by atoms with Crippen molar-refractivity contribution in [3.63, 3.8) is 0 Å². The standard InChI is InChI=1S/C14H20O2.2C14H20.6C2H6.H2O/c15-13-1-7-8-4-14(16)5-9(7)11(3-13)12(6-14)10(8)2-13;2*1-7-2-12-10-4-8-5-11(9(1)10)13(3-7)14(12)6-8;6*1-2;/h7-12,15-16H,1-6H2;2*7-14H,1-6H2;6*1-2H3;1H2. The Bertz CT molecular complexity index is 937. The van der Waals surface area contributed by atoms with E-state index < -0.39 is 0 Å². The van der Waals surface area contributed by atoms with Crippen molar-refractivity contribution >= 4 is 0 Å². The van der Waals surface area contributed by atoms with Crippen LogP contribution in [0.25, 0.3) is 0 Å². The Balaban J connectivity index is 0.000000127. The maximum atomic E-state index is 10.6. The van der Waals surface area contributed by atoms with E-state index in [-0.39, 0.29) is 16.7 Å². The van der Waals surface area contributed by atoms with E-state index in [0.717, 1.165) is 74.0 Å². The van der Waals surface area contributed by atoms with Gasteiger partial charge in [0.2, 0.25) is 0 Å². The maximum Gasteiger partial charge on any atom is 0.0656 e. The summed E-state index contributed by atoms with van der Waals surface area (Å²) >= 11 is 0. The van der Waals surface area contributed by atoms with Crippen LogP contribution in [0.5, 0.6) is 0 Å². The molecule has 0 aliphatic heterocycles. The smallest absolute Gasteiger partial charge is 0.0656 e. The van der Waals surface area contributed by atoms with Crippen molar-refractivity contribution in [2.45, 2.75) is 210 Å². The van der Waals surface area contributed by atoms with Crippen LogP contribution in [0, 0.1) is 130 Å². The first-order chi connectivity index (χ1) is 27.4. The quantitative estimate of drug-likeness (QED) is 0.256. The van der Waals surface area contributed by atoms with E-state index in [4.69, 9.17) is 0 Å². The molecule has 0 heterocycles. The highest BCUT2D eigenvalue weighted by Gasteiger charge is 2.70. The van der Waals surface area contributed by atoms with E-state index >= 15 is 0 Å². The monoisotopic (exact) mass is 795 g/mol. The molecule has 0 atom stereocenters. The van der Waals surface area contributed by atoms with Crippen LogP contribution in [0.3, 0.4) is 0 Å². The SMILES string of the molecule is C1C2CC3C4CC5CC(C14)C(C2)C3C5.C1C2CC3C4CC5CC(C14)C(C2)C3C5.CC.CC.CC.CC.CC.CC.O.OC12CC3C4CC5(O)CC3C(C1)C(C5)C4C2. The second kappa shape index (κ2) is 18.3. The predicted molar refractivity (Wildman–Crippen MR) is 241 cm³/mol. The molecule has 3 heteroatoms. The van der Waals surface area contributed by atoms with E-state index in [1.165, 1.54) is 94.7 Å². The summed E-state index contributed by atoms with van der Waals surface area (Å²) in [5.41, 5.74) is -0.591. The van der Waals surface area contributed by atoms with Gasteiger partial charge >= 0.3 is 0 Å². The summed E-state index contributed by atoms with van der Waals surface area (Å²) in [6.07, 6.45) is 26.2. The third-order valence-electron chi connectivity index (χ3n) is 20.9. The van der Waals surface area contributed by atoms with E-state index in [0.29, 0.717) is 0 Å². The summed E-state index contributed by atoms with van der Waals surface area (Å²) in [7, 11) is 0. The van der Waals surface area contributed by atoms with E-state index in [2.05, 4.69) is 0 Å². The van der Waals surface area contributed by atoms with E-state index in [1.807, 2.05) is 83.1 Å². The van der Waals surface area contributed by atoms with Gasteiger partial charge in [0, 0.05) is 0 Å². The number of hydrogen-bond donors (Lipinski definition) is 2. The Kier molecular flexibility index (Phi) is 14.9. The molecule has 21 aliphatic rings. The lowest BCUT2D eigenvalue weighted by Crippen LogP contribution is -2.71. The molecule has 57 heavy (non-hydrogen) atoms. The lowest BCUT2D eigenvalue weighted by Gasteiger charge is -2.73. The molecule has 0 radical (unpaired) electrons. The highest BCUT2D eigenvalue weighted by molar-refractivity contribution is 5.20. The Morgan fingerprint density at radius 2 is 0.333 bits per heavy atom. The van der Waals surface area contributed by atoms with Gasteiger partial charge in [-0.25, -0.2) is 0 Å². The fourth-order valence-corrected chi connectivity index (χ4v) is 20.6. The van der Waals surface area contributed by atoms with Crippen molar-refractivity contribution < 1.29 is 15.7 Å². The Labute approximate surface area is 354 Å². The molecule has 332 valence electrons. The van der Waals surface area contributed by atoms with Gasteiger partial charge in [0.1, 0.15) is 0 Å². The van der Waals surface area contributed by atoms with Gasteiger partial charge in [-0.05, 0) is 246 Å². The summed E-state index contributed by atoms with van der Waals surface area (Å²) < 4.78 is 0. The molecule has 0 unspecified atom stereocenters. The number of hydrogen-bond acceptors (Lipinski definition) is 2. The normalized spacial score (nSPS) is 56.7. The fraction of sp³-hybridized carbons (Fsp3) is 1.00. The molecule has 21 aliphatic carbocycles. The second-order valence-electron chi connectivity index (χ2n) is 21.9. The molecule has 21 saturated carbocycles. The second-order valence-corrected chi connectivity index (χ2v) is 21.9. The van der Waals surface area contributed by atoms with Gasteiger partial charge in [-0.1, -0.05) is 83.1 Å². The fourth-order valence-electron chi connectivity index (χ4n) is 20.6. The molecule has 0 aromatic carbocycles. The van der Waals surface area contributed by atoms with Gasteiger partial charge in [-0.15, -0.1) is 0 Å². The minimum absolute atomic E-state index is 0. The van der Waals surface area contributed by atoms with Crippen molar-refractivity contribution in [2.24, 2.45) is 130 Å². The highest BCUT2D eigenvalue weighted by Crippen LogP contribution is 2.74.